The quantitative estimate of drug-likeness (QED) is 0.889. The van der Waals surface area contributed by atoms with Gasteiger partial charge in [-0.05, 0) is 38.7 Å². The van der Waals surface area contributed by atoms with E-state index in [4.69, 9.17) is 0 Å². The molecule has 1 aromatic rings. The number of likely N-dealkylation sites (tertiary alicyclic amines) is 1. The second kappa shape index (κ2) is 5.74. The molecule has 0 saturated carbocycles. The van der Waals surface area contributed by atoms with Gasteiger partial charge in [0, 0.05) is 13.1 Å². The molecule has 3 heteroatoms. The zero-order valence-corrected chi connectivity index (χ0v) is 11.8. The first kappa shape index (κ1) is 14.1. The molecule has 2 rings (SSSR count). The van der Waals surface area contributed by atoms with Gasteiger partial charge in [-0.2, -0.15) is 0 Å². The molecule has 19 heavy (non-hydrogen) atoms. The highest BCUT2D eigenvalue weighted by atomic mass is 16.3. The molecule has 1 aliphatic heterocycles. The number of hydrogen-bond acceptors (Lipinski definition) is 2. The largest absolute Gasteiger partial charge is 0.390 e. The Morgan fingerprint density at radius 2 is 1.95 bits per heavy atom. The number of aliphatic hydroxyl groups is 1. The van der Waals surface area contributed by atoms with E-state index >= 15 is 0 Å². The molecule has 1 saturated heterocycles. The zero-order chi connectivity index (χ0) is 13.9. The van der Waals surface area contributed by atoms with Crippen molar-refractivity contribution < 1.29 is 9.90 Å². The summed E-state index contributed by atoms with van der Waals surface area (Å²) < 4.78 is 0. The summed E-state index contributed by atoms with van der Waals surface area (Å²) in [6.45, 7) is 5.23. The minimum Gasteiger partial charge on any atom is -0.390 e. The maximum absolute atomic E-state index is 12.5. The highest BCUT2D eigenvalue weighted by molar-refractivity contribution is 5.83. The van der Waals surface area contributed by atoms with Gasteiger partial charge in [0.15, 0.2) is 0 Å². The van der Waals surface area contributed by atoms with Crippen molar-refractivity contribution in [2.45, 2.75) is 44.6 Å². The Balaban J connectivity index is 2.03. The van der Waals surface area contributed by atoms with E-state index in [9.17, 15) is 9.90 Å². The summed E-state index contributed by atoms with van der Waals surface area (Å²) in [4.78, 5) is 14.4. The predicted octanol–water partition coefficient (Wildman–Crippen LogP) is 2.55. The number of benzene rings is 1. The fourth-order valence-corrected chi connectivity index (χ4v) is 2.64. The van der Waals surface area contributed by atoms with Crippen LogP contribution in [0.2, 0.25) is 0 Å². The minimum atomic E-state index is -0.620. The van der Waals surface area contributed by atoms with E-state index in [1.165, 1.54) is 0 Å². The van der Waals surface area contributed by atoms with E-state index in [0.29, 0.717) is 13.0 Å². The summed E-state index contributed by atoms with van der Waals surface area (Å²) in [5.41, 5.74) is 0.439. The first-order valence-corrected chi connectivity index (χ1v) is 7.06. The van der Waals surface area contributed by atoms with Gasteiger partial charge in [0.2, 0.25) is 5.91 Å². The van der Waals surface area contributed by atoms with E-state index in [1.807, 2.05) is 49.1 Å². The van der Waals surface area contributed by atoms with Crippen LogP contribution in [0.4, 0.5) is 0 Å². The van der Waals surface area contributed by atoms with Gasteiger partial charge in [-0.3, -0.25) is 4.79 Å². The Hall–Kier alpha value is -1.35. The highest BCUT2D eigenvalue weighted by Crippen LogP contribution is 2.24. The van der Waals surface area contributed by atoms with E-state index in [1.54, 1.807) is 0 Å². The van der Waals surface area contributed by atoms with Crippen LogP contribution in [-0.4, -0.2) is 34.6 Å². The molecule has 104 valence electrons. The van der Waals surface area contributed by atoms with Gasteiger partial charge >= 0.3 is 0 Å². The molecule has 3 nitrogen and oxygen atoms in total. The second-order valence-electron chi connectivity index (χ2n) is 5.81. The zero-order valence-electron chi connectivity index (χ0n) is 11.8. The fraction of sp³-hybridized carbons (Fsp3) is 0.562. The highest BCUT2D eigenvalue weighted by Gasteiger charge is 2.29. The van der Waals surface area contributed by atoms with Gasteiger partial charge in [0.25, 0.3) is 0 Å². The SMILES string of the molecule is CC(C(=O)N1CCCC(C)(O)CC1)c1ccccc1. The molecule has 1 N–H and O–H groups in total. The number of nitrogens with zero attached hydrogens (tertiary/aromatic N) is 1. The molecule has 1 fully saturated rings. The lowest BCUT2D eigenvalue weighted by molar-refractivity contribution is -0.132. The molecule has 0 radical (unpaired) electrons. The van der Waals surface area contributed by atoms with Gasteiger partial charge in [-0.25, -0.2) is 0 Å². The molecule has 0 aliphatic carbocycles. The summed E-state index contributed by atoms with van der Waals surface area (Å²) in [6, 6.07) is 9.88. The number of amides is 1. The van der Waals surface area contributed by atoms with Crippen LogP contribution in [0.15, 0.2) is 30.3 Å². The Labute approximate surface area is 115 Å². The molecule has 0 aromatic heterocycles. The van der Waals surface area contributed by atoms with Gasteiger partial charge < -0.3 is 10.0 Å². The van der Waals surface area contributed by atoms with Crippen molar-refractivity contribution >= 4 is 5.91 Å². The Morgan fingerprint density at radius 3 is 2.63 bits per heavy atom. The first-order chi connectivity index (χ1) is 8.99. The number of carbonyl (C=O) groups is 1. The lowest BCUT2D eigenvalue weighted by atomic mass is 9.98. The smallest absolute Gasteiger partial charge is 0.229 e. The van der Waals surface area contributed by atoms with Crippen LogP contribution >= 0.6 is 0 Å². The number of rotatable bonds is 2. The lowest BCUT2D eigenvalue weighted by Crippen LogP contribution is -2.36. The molecule has 0 spiro atoms. The molecular weight excluding hydrogens is 238 g/mol. The van der Waals surface area contributed by atoms with Crippen LogP contribution in [0, 0.1) is 0 Å². The monoisotopic (exact) mass is 261 g/mol. The lowest BCUT2D eigenvalue weighted by Gasteiger charge is -2.25. The number of carbonyl (C=O) groups excluding carboxylic acids is 1. The third kappa shape index (κ3) is 3.57. The van der Waals surface area contributed by atoms with Gasteiger partial charge in [0.1, 0.15) is 0 Å². The Morgan fingerprint density at radius 1 is 1.26 bits per heavy atom. The molecule has 1 heterocycles. The van der Waals surface area contributed by atoms with E-state index in [-0.39, 0.29) is 11.8 Å². The standard InChI is InChI=1S/C16H23NO2/c1-13(14-7-4-3-5-8-14)15(18)17-11-6-9-16(2,19)10-12-17/h3-5,7-8,13,19H,6,9-12H2,1-2H3. The summed E-state index contributed by atoms with van der Waals surface area (Å²) in [5, 5.41) is 10.1. The van der Waals surface area contributed by atoms with Crippen LogP contribution in [0.5, 0.6) is 0 Å². The van der Waals surface area contributed by atoms with Crippen LogP contribution in [0.25, 0.3) is 0 Å². The second-order valence-corrected chi connectivity index (χ2v) is 5.81. The molecule has 1 aromatic carbocycles. The third-order valence-electron chi connectivity index (χ3n) is 4.05. The summed E-state index contributed by atoms with van der Waals surface area (Å²) >= 11 is 0. The van der Waals surface area contributed by atoms with Crippen molar-refractivity contribution in [1.82, 2.24) is 4.90 Å². The molecule has 2 atom stereocenters. The normalized spacial score (nSPS) is 25.7. The number of hydrogen-bond donors (Lipinski definition) is 1. The minimum absolute atomic E-state index is 0.107. The topological polar surface area (TPSA) is 40.5 Å². The third-order valence-corrected chi connectivity index (χ3v) is 4.05. The van der Waals surface area contributed by atoms with Crippen molar-refractivity contribution in [3.8, 4) is 0 Å². The van der Waals surface area contributed by atoms with Gasteiger partial charge in [-0.1, -0.05) is 30.3 Å². The van der Waals surface area contributed by atoms with Crippen LogP contribution in [-0.2, 0) is 4.79 Å². The van der Waals surface area contributed by atoms with Crippen molar-refractivity contribution in [2.75, 3.05) is 13.1 Å². The average Bonchev–Trinajstić information content (AvgIpc) is 2.59. The predicted molar refractivity (Wildman–Crippen MR) is 75.9 cm³/mol. The average molecular weight is 261 g/mol. The van der Waals surface area contributed by atoms with E-state index in [0.717, 1.165) is 24.9 Å². The summed E-state index contributed by atoms with van der Waals surface area (Å²) in [7, 11) is 0. The Bertz CT molecular complexity index is 428. The summed E-state index contributed by atoms with van der Waals surface area (Å²) in [5.74, 6) is 0.0631. The van der Waals surface area contributed by atoms with Gasteiger partial charge in [-0.15, -0.1) is 0 Å². The van der Waals surface area contributed by atoms with E-state index < -0.39 is 5.60 Å². The molecule has 0 bridgehead atoms. The van der Waals surface area contributed by atoms with Crippen molar-refractivity contribution in [3.63, 3.8) is 0 Å². The Kier molecular flexibility index (Phi) is 4.25. The van der Waals surface area contributed by atoms with Crippen molar-refractivity contribution in [2.24, 2.45) is 0 Å². The summed E-state index contributed by atoms with van der Waals surface area (Å²) in [6.07, 6.45) is 2.32. The van der Waals surface area contributed by atoms with Crippen molar-refractivity contribution in [1.29, 1.82) is 0 Å². The molecule has 1 amide bonds. The van der Waals surface area contributed by atoms with E-state index in [2.05, 4.69) is 0 Å². The molecule has 1 aliphatic rings. The maximum Gasteiger partial charge on any atom is 0.229 e. The van der Waals surface area contributed by atoms with Crippen LogP contribution in [0.1, 0.15) is 44.6 Å². The van der Waals surface area contributed by atoms with Gasteiger partial charge in [0.05, 0.1) is 11.5 Å². The maximum atomic E-state index is 12.5. The van der Waals surface area contributed by atoms with Crippen LogP contribution in [0.3, 0.4) is 0 Å². The van der Waals surface area contributed by atoms with Crippen molar-refractivity contribution in [3.05, 3.63) is 35.9 Å². The molecular formula is C16H23NO2. The van der Waals surface area contributed by atoms with Crippen LogP contribution < -0.4 is 0 Å². The fourth-order valence-electron chi connectivity index (χ4n) is 2.64. The molecule has 2 unspecified atom stereocenters. The first-order valence-electron chi connectivity index (χ1n) is 7.06.